The smallest absolute Gasteiger partial charge is 0.257 e. The average molecular weight is 280 g/mol. The number of oxazole rings is 1. The molecule has 2 aromatic rings. The standard InChI is InChI=1S/C13H16N2O3S/c1-9(7-17-2)14-12(16)8-19-13-15-10-5-3-4-6-11(10)18-13/h3-6,9H,7-8H2,1-2H3,(H,14,16)/t9-/m1/s1. The second-order valence-corrected chi connectivity index (χ2v) is 5.09. The van der Waals surface area contributed by atoms with Crippen LogP contribution >= 0.6 is 11.8 Å². The number of rotatable bonds is 6. The van der Waals surface area contributed by atoms with Crippen LogP contribution in [-0.4, -0.2) is 36.4 Å². The van der Waals surface area contributed by atoms with Gasteiger partial charge in [-0.25, -0.2) is 4.98 Å². The van der Waals surface area contributed by atoms with Crippen molar-refractivity contribution in [3.63, 3.8) is 0 Å². The Morgan fingerprint density at radius 3 is 3.05 bits per heavy atom. The first-order valence-corrected chi connectivity index (χ1v) is 6.94. The van der Waals surface area contributed by atoms with Gasteiger partial charge in [-0.05, 0) is 19.1 Å². The fourth-order valence-corrected chi connectivity index (χ4v) is 2.30. The number of carbonyl (C=O) groups is 1. The first-order chi connectivity index (χ1) is 9.19. The predicted octanol–water partition coefficient (Wildman–Crippen LogP) is 2.07. The third kappa shape index (κ3) is 3.97. The Kier molecular flexibility index (Phi) is 4.81. The largest absolute Gasteiger partial charge is 0.431 e. The maximum Gasteiger partial charge on any atom is 0.257 e. The van der Waals surface area contributed by atoms with E-state index < -0.39 is 0 Å². The van der Waals surface area contributed by atoms with E-state index in [0.717, 1.165) is 11.1 Å². The van der Waals surface area contributed by atoms with Gasteiger partial charge in [0.05, 0.1) is 12.4 Å². The number of fused-ring (bicyclic) bond motifs is 1. The van der Waals surface area contributed by atoms with Gasteiger partial charge in [-0.3, -0.25) is 4.79 Å². The summed E-state index contributed by atoms with van der Waals surface area (Å²) in [5, 5.41) is 3.34. The quantitative estimate of drug-likeness (QED) is 0.821. The highest BCUT2D eigenvalue weighted by molar-refractivity contribution is 7.99. The molecule has 0 aliphatic carbocycles. The minimum absolute atomic E-state index is 0.00160. The Hall–Kier alpha value is -1.53. The van der Waals surface area contributed by atoms with E-state index in [9.17, 15) is 4.79 Å². The molecule has 2 rings (SSSR count). The van der Waals surface area contributed by atoms with E-state index in [1.807, 2.05) is 31.2 Å². The fourth-order valence-electron chi connectivity index (χ4n) is 1.65. The van der Waals surface area contributed by atoms with Crippen molar-refractivity contribution in [2.24, 2.45) is 0 Å². The molecule has 0 saturated heterocycles. The lowest BCUT2D eigenvalue weighted by molar-refractivity contribution is -0.119. The normalized spacial score (nSPS) is 12.5. The van der Waals surface area contributed by atoms with Crippen molar-refractivity contribution in [1.29, 1.82) is 0 Å². The molecular formula is C13H16N2O3S. The Morgan fingerprint density at radius 2 is 2.32 bits per heavy atom. The maximum atomic E-state index is 11.7. The number of nitrogens with zero attached hydrogens (tertiary/aromatic N) is 1. The van der Waals surface area contributed by atoms with E-state index in [0.29, 0.717) is 11.8 Å². The summed E-state index contributed by atoms with van der Waals surface area (Å²) in [6.07, 6.45) is 0. The molecule has 6 heteroatoms. The van der Waals surface area contributed by atoms with Crippen LogP contribution in [0.3, 0.4) is 0 Å². The average Bonchev–Trinajstić information content (AvgIpc) is 2.79. The van der Waals surface area contributed by atoms with Gasteiger partial charge in [-0.1, -0.05) is 23.9 Å². The lowest BCUT2D eigenvalue weighted by atomic mass is 10.3. The number of hydrogen-bond donors (Lipinski definition) is 1. The number of hydrogen-bond acceptors (Lipinski definition) is 5. The summed E-state index contributed by atoms with van der Waals surface area (Å²) in [4.78, 5) is 16.0. The third-order valence-corrected chi connectivity index (χ3v) is 3.25. The number of benzene rings is 1. The summed E-state index contributed by atoms with van der Waals surface area (Å²) in [5.74, 6) is 0.220. The van der Waals surface area contributed by atoms with Crippen molar-refractivity contribution in [2.75, 3.05) is 19.5 Å². The molecule has 0 saturated carbocycles. The molecule has 0 aliphatic heterocycles. The highest BCUT2D eigenvalue weighted by Gasteiger charge is 2.10. The molecule has 0 fully saturated rings. The van der Waals surface area contributed by atoms with E-state index in [4.69, 9.17) is 9.15 Å². The molecule has 0 unspecified atom stereocenters. The second kappa shape index (κ2) is 6.58. The number of thioether (sulfide) groups is 1. The van der Waals surface area contributed by atoms with Crippen molar-refractivity contribution in [3.8, 4) is 0 Å². The van der Waals surface area contributed by atoms with E-state index in [1.54, 1.807) is 7.11 Å². The topological polar surface area (TPSA) is 64.4 Å². The summed E-state index contributed by atoms with van der Waals surface area (Å²) in [6.45, 7) is 2.39. The van der Waals surface area contributed by atoms with E-state index >= 15 is 0 Å². The highest BCUT2D eigenvalue weighted by Crippen LogP contribution is 2.22. The van der Waals surface area contributed by atoms with Crippen LogP contribution in [0.4, 0.5) is 0 Å². The Morgan fingerprint density at radius 1 is 1.53 bits per heavy atom. The molecule has 19 heavy (non-hydrogen) atoms. The van der Waals surface area contributed by atoms with Gasteiger partial charge in [-0.15, -0.1) is 0 Å². The molecule has 1 N–H and O–H groups in total. The van der Waals surface area contributed by atoms with Crippen LogP contribution in [0.5, 0.6) is 0 Å². The van der Waals surface area contributed by atoms with Gasteiger partial charge in [-0.2, -0.15) is 0 Å². The molecular weight excluding hydrogens is 264 g/mol. The molecule has 102 valence electrons. The maximum absolute atomic E-state index is 11.7. The zero-order valence-corrected chi connectivity index (χ0v) is 11.7. The minimum Gasteiger partial charge on any atom is -0.431 e. The number of aromatic nitrogens is 1. The van der Waals surface area contributed by atoms with Crippen LogP contribution in [0.25, 0.3) is 11.1 Å². The number of ether oxygens (including phenoxy) is 1. The number of para-hydroxylation sites is 2. The summed E-state index contributed by atoms with van der Waals surface area (Å²) >= 11 is 1.28. The van der Waals surface area contributed by atoms with Crippen molar-refractivity contribution < 1.29 is 13.9 Å². The van der Waals surface area contributed by atoms with Crippen LogP contribution in [0.2, 0.25) is 0 Å². The second-order valence-electron chi connectivity index (χ2n) is 4.16. The van der Waals surface area contributed by atoms with E-state index in [-0.39, 0.29) is 17.7 Å². The zero-order valence-electron chi connectivity index (χ0n) is 10.9. The highest BCUT2D eigenvalue weighted by atomic mass is 32.2. The van der Waals surface area contributed by atoms with Crippen molar-refractivity contribution in [1.82, 2.24) is 10.3 Å². The first-order valence-electron chi connectivity index (χ1n) is 5.95. The molecule has 1 aromatic carbocycles. The molecule has 1 aromatic heterocycles. The van der Waals surface area contributed by atoms with Crippen LogP contribution in [0.1, 0.15) is 6.92 Å². The zero-order chi connectivity index (χ0) is 13.7. The van der Waals surface area contributed by atoms with Gasteiger partial charge in [0.25, 0.3) is 5.22 Å². The van der Waals surface area contributed by atoms with Crippen LogP contribution in [0.15, 0.2) is 33.9 Å². The van der Waals surface area contributed by atoms with Crippen molar-refractivity contribution in [3.05, 3.63) is 24.3 Å². The lowest BCUT2D eigenvalue weighted by Gasteiger charge is -2.11. The van der Waals surface area contributed by atoms with Crippen LogP contribution < -0.4 is 5.32 Å². The molecule has 1 atom stereocenters. The third-order valence-electron chi connectivity index (χ3n) is 2.43. The van der Waals surface area contributed by atoms with Crippen LogP contribution in [-0.2, 0) is 9.53 Å². The molecule has 1 amide bonds. The summed E-state index contributed by atoms with van der Waals surface area (Å²) in [7, 11) is 1.61. The SMILES string of the molecule is COC[C@@H](C)NC(=O)CSc1nc2ccccc2o1. The number of carbonyl (C=O) groups excluding carboxylic acids is 1. The first kappa shape index (κ1) is 13.9. The molecule has 0 aliphatic rings. The van der Waals surface area contributed by atoms with Gasteiger partial charge < -0.3 is 14.5 Å². The summed E-state index contributed by atoms with van der Waals surface area (Å²) in [5.41, 5.74) is 1.54. The number of nitrogens with one attached hydrogen (secondary N) is 1. The van der Waals surface area contributed by atoms with Gasteiger partial charge in [0.1, 0.15) is 5.52 Å². The number of methoxy groups -OCH3 is 1. The number of amides is 1. The van der Waals surface area contributed by atoms with Gasteiger partial charge in [0, 0.05) is 13.2 Å². The lowest BCUT2D eigenvalue weighted by Crippen LogP contribution is -2.36. The van der Waals surface area contributed by atoms with E-state index in [2.05, 4.69) is 10.3 Å². The Bertz CT molecular complexity index is 523. The van der Waals surface area contributed by atoms with Crippen molar-refractivity contribution in [2.45, 2.75) is 18.2 Å². The predicted molar refractivity (Wildman–Crippen MR) is 74.2 cm³/mol. The van der Waals surface area contributed by atoms with Gasteiger partial charge >= 0.3 is 0 Å². The fraction of sp³-hybridized carbons (Fsp3) is 0.385. The molecule has 5 nitrogen and oxygen atoms in total. The molecule has 0 bridgehead atoms. The minimum atomic E-state index is -0.0585. The monoisotopic (exact) mass is 280 g/mol. The molecule has 0 radical (unpaired) electrons. The Labute approximate surface area is 115 Å². The molecule has 0 spiro atoms. The molecule has 1 heterocycles. The van der Waals surface area contributed by atoms with Crippen LogP contribution in [0, 0.1) is 0 Å². The van der Waals surface area contributed by atoms with Gasteiger partial charge in [0.15, 0.2) is 5.58 Å². The van der Waals surface area contributed by atoms with Crippen molar-refractivity contribution >= 4 is 28.8 Å². The van der Waals surface area contributed by atoms with Gasteiger partial charge in [0.2, 0.25) is 5.91 Å². The summed E-state index contributed by atoms with van der Waals surface area (Å²) < 4.78 is 10.5. The Balaban J connectivity index is 1.86. The van der Waals surface area contributed by atoms with E-state index in [1.165, 1.54) is 11.8 Å². The summed E-state index contributed by atoms with van der Waals surface area (Å²) in [6, 6.07) is 7.53.